The molecule has 90 valence electrons. The van der Waals surface area contributed by atoms with Gasteiger partial charge in [-0.2, -0.15) is 10.4 Å². The smallest absolute Gasteiger partial charge is 0.251 e. The number of aryl methyl sites for hydroxylation is 1. The lowest BCUT2D eigenvalue weighted by molar-refractivity contribution is 0.0950. The average molecular weight is 240 g/mol. The second-order valence-electron chi connectivity index (χ2n) is 3.82. The van der Waals surface area contributed by atoms with Crippen molar-refractivity contribution >= 4 is 5.91 Å². The molecule has 1 aromatic carbocycles. The van der Waals surface area contributed by atoms with Crippen molar-refractivity contribution in [2.24, 2.45) is 7.05 Å². The maximum absolute atomic E-state index is 11.9. The van der Waals surface area contributed by atoms with Crippen molar-refractivity contribution in [2.45, 2.75) is 6.54 Å². The van der Waals surface area contributed by atoms with E-state index in [0.29, 0.717) is 17.7 Å². The summed E-state index contributed by atoms with van der Waals surface area (Å²) in [5.41, 5.74) is 1.87. The Morgan fingerprint density at radius 1 is 1.50 bits per heavy atom. The number of hydrogen-bond donors (Lipinski definition) is 1. The van der Waals surface area contributed by atoms with Crippen LogP contribution in [0.3, 0.4) is 0 Å². The van der Waals surface area contributed by atoms with E-state index in [4.69, 9.17) is 5.26 Å². The van der Waals surface area contributed by atoms with Gasteiger partial charge in [0.1, 0.15) is 0 Å². The minimum Gasteiger partial charge on any atom is -0.346 e. The zero-order chi connectivity index (χ0) is 13.0. The van der Waals surface area contributed by atoms with Gasteiger partial charge in [-0.05, 0) is 24.3 Å². The summed E-state index contributed by atoms with van der Waals surface area (Å²) in [6, 6.07) is 10.5. The van der Waals surface area contributed by atoms with Crippen LogP contribution < -0.4 is 5.32 Å². The van der Waals surface area contributed by atoms with Gasteiger partial charge in [-0.1, -0.05) is 6.07 Å². The van der Waals surface area contributed by atoms with Gasteiger partial charge in [0.2, 0.25) is 0 Å². The van der Waals surface area contributed by atoms with Gasteiger partial charge in [0.05, 0.1) is 23.9 Å². The first-order valence-corrected chi connectivity index (χ1v) is 5.46. The van der Waals surface area contributed by atoms with Crippen molar-refractivity contribution in [3.05, 3.63) is 53.3 Å². The molecule has 1 N–H and O–H groups in total. The molecule has 0 aliphatic carbocycles. The van der Waals surface area contributed by atoms with Crippen molar-refractivity contribution in [1.29, 1.82) is 5.26 Å². The Morgan fingerprint density at radius 2 is 2.33 bits per heavy atom. The highest BCUT2D eigenvalue weighted by Gasteiger charge is 2.07. The van der Waals surface area contributed by atoms with E-state index in [1.807, 2.05) is 19.2 Å². The molecule has 0 saturated carbocycles. The zero-order valence-corrected chi connectivity index (χ0v) is 9.92. The molecule has 18 heavy (non-hydrogen) atoms. The molecule has 0 atom stereocenters. The third kappa shape index (κ3) is 2.55. The van der Waals surface area contributed by atoms with Gasteiger partial charge in [0.15, 0.2) is 0 Å². The average Bonchev–Trinajstić information content (AvgIpc) is 2.81. The Morgan fingerprint density at radius 3 is 3.00 bits per heavy atom. The fourth-order valence-electron chi connectivity index (χ4n) is 1.58. The lowest BCUT2D eigenvalue weighted by atomic mass is 10.1. The van der Waals surface area contributed by atoms with Crippen molar-refractivity contribution in [3.63, 3.8) is 0 Å². The Hall–Kier alpha value is -2.61. The third-order valence-electron chi connectivity index (χ3n) is 2.61. The molecule has 0 fully saturated rings. The van der Waals surface area contributed by atoms with E-state index in [1.54, 1.807) is 35.1 Å². The van der Waals surface area contributed by atoms with Crippen LogP contribution in [0.4, 0.5) is 0 Å². The van der Waals surface area contributed by atoms with E-state index in [1.165, 1.54) is 0 Å². The van der Waals surface area contributed by atoms with Crippen molar-refractivity contribution < 1.29 is 4.79 Å². The molecule has 0 spiro atoms. The largest absolute Gasteiger partial charge is 0.346 e. The van der Waals surface area contributed by atoms with E-state index >= 15 is 0 Å². The predicted molar refractivity (Wildman–Crippen MR) is 65.5 cm³/mol. The van der Waals surface area contributed by atoms with Crippen LogP contribution in [-0.2, 0) is 13.6 Å². The van der Waals surface area contributed by atoms with Crippen LogP contribution in [0.1, 0.15) is 21.6 Å². The normalized spacial score (nSPS) is 9.78. The first-order valence-electron chi connectivity index (χ1n) is 5.46. The number of nitrogens with one attached hydrogen (secondary N) is 1. The van der Waals surface area contributed by atoms with Crippen LogP contribution in [0.15, 0.2) is 36.5 Å². The van der Waals surface area contributed by atoms with Crippen LogP contribution in [0.5, 0.6) is 0 Å². The molecule has 0 bridgehead atoms. The maximum Gasteiger partial charge on any atom is 0.251 e. The molecule has 0 aliphatic rings. The molecule has 2 rings (SSSR count). The predicted octanol–water partition coefficient (Wildman–Crippen LogP) is 1.22. The molecule has 2 aromatic rings. The maximum atomic E-state index is 11.9. The monoisotopic (exact) mass is 240 g/mol. The summed E-state index contributed by atoms with van der Waals surface area (Å²) < 4.78 is 1.70. The highest BCUT2D eigenvalue weighted by atomic mass is 16.1. The van der Waals surface area contributed by atoms with Gasteiger partial charge in [0, 0.05) is 18.8 Å². The highest BCUT2D eigenvalue weighted by molar-refractivity contribution is 5.94. The summed E-state index contributed by atoms with van der Waals surface area (Å²) in [6.07, 6.45) is 1.68. The van der Waals surface area contributed by atoms with E-state index in [0.717, 1.165) is 5.69 Å². The number of amides is 1. The van der Waals surface area contributed by atoms with Crippen LogP contribution in [-0.4, -0.2) is 15.7 Å². The van der Waals surface area contributed by atoms with Gasteiger partial charge < -0.3 is 5.32 Å². The summed E-state index contributed by atoms with van der Waals surface area (Å²) in [5.74, 6) is -0.201. The fourth-order valence-corrected chi connectivity index (χ4v) is 1.58. The number of carbonyl (C=O) groups is 1. The number of carbonyl (C=O) groups excluding carboxylic acids is 1. The Balaban J connectivity index is 2.04. The summed E-state index contributed by atoms with van der Waals surface area (Å²) in [5, 5.41) is 15.6. The van der Waals surface area contributed by atoms with E-state index in [-0.39, 0.29) is 5.91 Å². The topological polar surface area (TPSA) is 70.7 Å². The highest BCUT2D eigenvalue weighted by Crippen LogP contribution is 2.04. The number of hydrogen-bond acceptors (Lipinski definition) is 3. The van der Waals surface area contributed by atoms with Crippen LogP contribution in [0.2, 0.25) is 0 Å². The molecule has 0 unspecified atom stereocenters. The molecule has 1 amide bonds. The second-order valence-corrected chi connectivity index (χ2v) is 3.82. The van der Waals surface area contributed by atoms with E-state index < -0.39 is 0 Å². The summed E-state index contributed by atoms with van der Waals surface area (Å²) in [4.78, 5) is 11.9. The summed E-state index contributed by atoms with van der Waals surface area (Å²) in [7, 11) is 1.82. The van der Waals surface area contributed by atoms with Crippen LogP contribution in [0, 0.1) is 11.3 Å². The summed E-state index contributed by atoms with van der Waals surface area (Å²) >= 11 is 0. The van der Waals surface area contributed by atoms with E-state index in [9.17, 15) is 4.79 Å². The standard InChI is InChI=1S/C13H12N4O/c1-17-12(5-6-16-17)9-15-13(18)11-4-2-3-10(7-11)8-14/h2-7H,9H2,1H3,(H,15,18). The molecule has 1 heterocycles. The van der Waals surface area contributed by atoms with E-state index in [2.05, 4.69) is 10.4 Å². The van der Waals surface area contributed by atoms with Crippen molar-refractivity contribution in [1.82, 2.24) is 15.1 Å². The van der Waals surface area contributed by atoms with Gasteiger partial charge in [-0.3, -0.25) is 9.48 Å². The minimum atomic E-state index is -0.201. The van der Waals surface area contributed by atoms with Gasteiger partial charge in [0.25, 0.3) is 5.91 Å². The first kappa shape index (κ1) is 11.9. The van der Waals surface area contributed by atoms with Gasteiger partial charge >= 0.3 is 0 Å². The molecule has 5 nitrogen and oxygen atoms in total. The molecular formula is C13H12N4O. The van der Waals surface area contributed by atoms with Crippen LogP contribution in [0.25, 0.3) is 0 Å². The molecule has 0 radical (unpaired) electrons. The van der Waals surface area contributed by atoms with Gasteiger partial charge in [-0.25, -0.2) is 0 Å². The number of nitrogens with zero attached hydrogens (tertiary/aromatic N) is 3. The Bertz CT molecular complexity index is 609. The number of nitriles is 1. The second kappa shape index (κ2) is 5.15. The fraction of sp³-hybridized carbons (Fsp3) is 0.154. The number of benzene rings is 1. The SMILES string of the molecule is Cn1nccc1CNC(=O)c1cccc(C#N)c1. The lowest BCUT2D eigenvalue weighted by Crippen LogP contribution is -2.24. The molecule has 0 aliphatic heterocycles. The van der Waals surface area contributed by atoms with Gasteiger partial charge in [-0.15, -0.1) is 0 Å². The first-order chi connectivity index (χ1) is 8.70. The zero-order valence-electron chi connectivity index (χ0n) is 9.92. The molecule has 5 heteroatoms. The van der Waals surface area contributed by atoms with Crippen LogP contribution >= 0.6 is 0 Å². The van der Waals surface area contributed by atoms with Crippen molar-refractivity contribution in [2.75, 3.05) is 0 Å². The molecule has 0 saturated heterocycles. The lowest BCUT2D eigenvalue weighted by Gasteiger charge is -2.05. The van der Waals surface area contributed by atoms with Crippen molar-refractivity contribution in [3.8, 4) is 6.07 Å². The minimum absolute atomic E-state index is 0.201. The third-order valence-corrected chi connectivity index (χ3v) is 2.61. The Labute approximate surface area is 105 Å². The number of aromatic nitrogens is 2. The summed E-state index contributed by atoms with van der Waals surface area (Å²) in [6.45, 7) is 0.409. The number of rotatable bonds is 3. The molecule has 1 aromatic heterocycles. The molecular weight excluding hydrogens is 228 g/mol. The quantitative estimate of drug-likeness (QED) is 0.876. The Kier molecular flexibility index (Phi) is 3.39.